The molecule has 5 aromatic carbocycles. The van der Waals surface area contributed by atoms with Crippen molar-refractivity contribution >= 4 is 49.3 Å². The second-order valence-electron chi connectivity index (χ2n) is 13.0. The molecule has 0 saturated heterocycles. The molecule has 9 aromatic rings. The molecule has 4 heterocycles. The van der Waals surface area contributed by atoms with E-state index in [2.05, 4.69) is 133 Å². The molecule has 0 saturated carbocycles. The van der Waals surface area contributed by atoms with E-state index in [1.807, 2.05) is 36.5 Å². The van der Waals surface area contributed by atoms with Gasteiger partial charge in [0.05, 0.1) is 16.9 Å². The van der Waals surface area contributed by atoms with Crippen molar-refractivity contribution in [2.45, 2.75) is 26.2 Å². The Morgan fingerprint density at radius 2 is 1.35 bits per heavy atom. The minimum Gasteiger partial charge on any atom is -0.503 e. The first-order valence-electron chi connectivity index (χ1n) is 15.8. The van der Waals surface area contributed by atoms with Gasteiger partial charge >= 0.3 is 20.4 Å². The van der Waals surface area contributed by atoms with Crippen molar-refractivity contribution in [1.29, 1.82) is 0 Å². The van der Waals surface area contributed by atoms with E-state index in [4.69, 9.17) is 14.7 Å². The second-order valence-corrected chi connectivity index (χ2v) is 13.0. The predicted molar refractivity (Wildman–Crippen MR) is 191 cm³/mol. The molecule has 0 amide bonds. The van der Waals surface area contributed by atoms with Crippen LogP contribution in [0.15, 0.2) is 128 Å². The van der Waals surface area contributed by atoms with Gasteiger partial charge in [-0.1, -0.05) is 110 Å². The second kappa shape index (κ2) is 11.5. The summed E-state index contributed by atoms with van der Waals surface area (Å²) in [5.74, 6) is 1.22. The zero-order chi connectivity index (χ0) is 31.7. The molecule has 0 unspecified atom stereocenters. The van der Waals surface area contributed by atoms with Crippen molar-refractivity contribution < 1.29 is 25.2 Å². The van der Waals surface area contributed by atoms with E-state index in [-0.39, 0.29) is 25.8 Å². The van der Waals surface area contributed by atoms with Gasteiger partial charge in [-0.15, -0.1) is 35.9 Å². The average molecular weight is 713 g/mol. The van der Waals surface area contributed by atoms with Crippen molar-refractivity contribution in [2.24, 2.45) is 0 Å². The van der Waals surface area contributed by atoms with Crippen LogP contribution in [0.25, 0.3) is 66.2 Å². The van der Waals surface area contributed by atoms with Gasteiger partial charge in [0.2, 0.25) is 0 Å². The zero-order valence-electron chi connectivity index (χ0n) is 26.6. The first kappa shape index (κ1) is 30.1. The van der Waals surface area contributed by atoms with Crippen molar-refractivity contribution in [3.8, 4) is 28.4 Å². The summed E-state index contributed by atoms with van der Waals surface area (Å²) in [6.07, 6.45) is 3.95. The molecule has 0 bridgehead atoms. The van der Waals surface area contributed by atoms with Crippen LogP contribution in [-0.4, -0.2) is 18.9 Å². The number of rotatable bonds is 4. The number of ether oxygens (including phenoxy) is 1. The monoisotopic (exact) mass is 712 g/mol. The van der Waals surface area contributed by atoms with Crippen LogP contribution >= 0.6 is 0 Å². The molecule has 4 aromatic heterocycles. The van der Waals surface area contributed by atoms with Crippen LogP contribution < -0.4 is 4.74 Å². The van der Waals surface area contributed by atoms with Gasteiger partial charge in [-0.3, -0.25) is 4.98 Å². The number of para-hydroxylation sites is 2. The van der Waals surface area contributed by atoms with Gasteiger partial charge in [-0.25, -0.2) is 4.98 Å². The average Bonchev–Trinajstić information content (AvgIpc) is 3.69. The molecule has 5 nitrogen and oxygen atoms in total. The van der Waals surface area contributed by atoms with Crippen molar-refractivity contribution in [3.63, 3.8) is 0 Å². The van der Waals surface area contributed by atoms with E-state index in [1.54, 1.807) is 0 Å². The summed E-state index contributed by atoms with van der Waals surface area (Å²) >= 11 is 0. The summed E-state index contributed by atoms with van der Waals surface area (Å²) in [7, 11) is 0. The SMILES string of the molecule is CC(C)(C)c1cc(Oc2[c-]c3c(cc2)c2ccccc2n2cc(-c4ccccc4)nc32)[c-]c(-n2c3ccccc3c3cccnc32)c1.[Pd+2]. The molecule has 0 radical (unpaired) electrons. The summed E-state index contributed by atoms with van der Waals surface area (Å²) in [6.45, 7) is 6.64. The molecule has 0 aliphatic carbocycles. The fourth-order valence-electron chi connectivity index (χ4n) is 6.63. The molecule has 0 fully saturated rings. The summed E-state index contributed by atoms with van der Waals surface area (Å²) in [6, 6.07) is 46.8. The number of benzene rings is 5. The Labute approximate surface area is 292 Å². The van der Waals surface area contributed by atoms with Crippen LogP contribution in [0.5, 0.6) is 11.5 Å². The van der Waals surface area contributed by atoms with Gasteiger partial charge in [0, 0.05) is 45.7 Å². The maximum absolute atomic E-state index is 6.66. The van der Waals surface area contributed by atoms with Crippen LogP contribution in [0.2, 0.25) is 0 Å². The van der Waals surface area contributed by atoms with E-state index in [0.717, 1.165) is 71.8 Å². The maximum atomic E-state index is 6.66. The molecule has 0 N–H and O–H groups in total. The molecule has 0 spiro atoms. The van der Waals surface area contributed by atoms with Gasteiger partial charge < -0.3 is 13.7 Å². The molecule has 6 heteroatoms. The largest absolute Gasteiger partial charge is 2.00 e. The van der Waals surface area contributed by atoms with E-state index in [9.17, 15) is 0 Å². The van der Waals surface area contributed by atoms with Crippen LogP contribution in [0.3, 0.4) is 0 Å². The number of hydrogen-bond acceptors (Lipinski definition) is 3. The van der Waals surface area contributed by atoms with Crippen LogP contribution in [0.4, 0.5) is 0 Å². The Balaban J connectivity index is 0.00000336. The first-order valence-corrected chi connectivity index (χ1v) is 15.8. The normalized spacial score (nSPS) is 11.9. The molecule has 0 aliphatic rings. The number of hydrogen-bond donors (Lipinski definition) is 0. The third kappa shape index (κ3) is 4.88. The minimum atomic E-state index is -0.129. The number of pyridine rings is 2. The number of aromatic nitrogens is 4. The zero-order valence-corrected chi connectivity index (χ0v) is 28.2. The first-order chi connectivity index (χ1) is 22.9. The molecule has 0 aliphatic heterocycles. The van der Waals surface area contributed by atoms with Gasteiger partial charge in [0.15, 0.2) is 0 Å². The topological polar surface area (TPSA) is 44.4 Å². The number of fused-ring (bicyclic) bond motifs is 9. The number of imidazole rings is 1. The van der Waals surface area contributed by atoms with Gasteiger partial charge in [-0.05, 0) is 35.1 Å². The Kier molecular flexibility index (Phi) is 7.18. The Morgan fingerprint density at radius 1 is 0.646 bits per heavy atom. The van der Waals surface area contributed by atoms with Crippen molar-refractivity contribution in [2.75, 3.05) is 0 Å². The molecule has 234 valence electrons. The van der Waals surface area contributed by atoms with Crippen molar-refractivity contribution in [3.05, 3.63) is 145 Å². The minimum absolute atomic E-state index is 0. The number of nitrogens with zero attached hydrogens (tertiary/aromatic N) is 4. The van der Waals surface area contributed by atoms with Crippen LogP contribution in [-0.2, 0) is 25.8 Å². The van der Waals surface area contributed by atoms with E-state index in [0.29, 0.717) is 11.5 Å². The molecule has 0 atom stereocenters. The quantitative estimate of drug-likeness (QED) is 0.104. The van der Waals surface area contributed by atoms with E-state index in [1.165, 1.54) is 0 Å². The molecule has 9 rings (SSSR count). The standard InChI is InChI=1S/C42H30N4O.Pd/c1-42(2,3)28-22-29(46-39-18-10-8-15-34(39)35-16-11-21-43-40(35)46)24-31(23-28)47-30-19-20-32-33-14-7-9-17-38(33)45-26-37(27-12-5-4-6-13-27)44-41(45)36(32)25-30;/h4-23,26H,1-3H3;/q-2;+2. The third-order valence-electron chi connectivity index (χ3n) is 8.96. The molecule has 48 heavy (non-hydrogen) atoms. The fourth-order valence-corrected chi connectivity index (χ4v) is 6.63. The summed E-state index contributed by atoms with van der Waals surface area (Å²) in [4.78, 5) is 9.92. The molecular formula is C42H30N4OPd. The van der Waals surface area contributed by atoms with Crippen LogP contribution in [0.1, 0.15) is 26.3 Å². The summed E-state index contributed by atoms with van der Waals surface area (Å²) < 4.78 is 11.0. The maximum Gasteiger partial charge on any atom is 2.00 e. The smallest absolute Gasteiger partial charge is 0.503 e. The van der Waals surface area contributed by atoms with E-state index >= 15 is 0 Å². The Hall–Kier alpha value is -5.28. The third-order valence-corrected chi connectivity index (χ3v) is 8.96. The summed E-state index contributed by atoms with van der Waals surface area (Å²) in [5.41, 5.74) is 7.78. The van der Waals surface area contributed by atoms with Crippen molar-refractivity contribution in [1.82, 2.24) is 18.9 Å². The predicted octanol–water partition coefficient (Wildman–Crippen LogP) is 10.5. The van der Waals surface area contributed by atoms with Gasteiger partial charge in [0.1, 0.15) is 5.65 Å². The van der Waals surface area contributed by atoms with Gasteiger partial charge in [-0.2, -0.15) is 0 Å². The Bertz CT molecular complexity index is 2590. The Morgan fingerprint density at radius 3 is 2.15 bits per heavy atom. The molecular weight excluding hydrogens is 683 g/mol. The summed E-state index contributed by atoms with van der Waals surface area (Å²) in [5, 5.41) is 5.38. The fraction of sp³-hybridized carbons (Fsp3) is 0.0952. The van der Waals surface area contributed by atoms with E-state index < -0.39 is 0 Å². The van der Waals surface area contributed by atoms with Crippen LogP contribution in [0, 0.1) is 12.1 Å². The van der Waals surface area contributed by atoms with Gasteiger partial charge in [0.25, 0.3) is 0 Å².